The van der Waals surface area contributed by atoms with Crippen LogP contribution >= 0.6 is 7.82 Å². The van der Waals surface area contributed by atoms with Crippen molar-refractivity contribution in [1.82, 2.24) is 0 Å². The minimum atomic E-state index is -4.37. The van der Waals surface area contributed by atoms with E-state index >= 15 is 0 Å². The number of phosphoric acid groups is 1. The number of carbonyl (C=O) groups excluding carboxylic acids is 2. The maximum Gasteiger partial charge on any atom is 0.472 e. The number of carbonyl (C=O) groups is 2. The summed E-state index contributed by atoms with van der Waals surface area (Å²) in [6.07, 6.45) is 50.0. The normalized spacial score (nSPS) is 13.1. The summed E-state index contributed by atoms with van der Waals surface area (Å²) < 4.78 is 33.0. The Bertz CT molecular complexity index is 953. The molecule has 10 heteroatoms. The fraction of sp³-hybridized carbons (Fsp3) is 0.960. The van der Waals surface area contributed by atoms with Crippen LogP contribution in [0.3, 0.4) is 0 Å². The third-order valence-electron chi connectivity index (χ3n) is 11.7. The molecule has 0 bridgehead atoms. The fourth-order valence-electron chi connectivity index (χ4n) is 7.87. The molecule has 1 unspecified atom stereocenters. The lowest BCUT2D eigenvalue weighted by Crippen LogP contribution is -2.29. The van der Waals surface area contributed by atoms with Gasteiger partial charge in [-0.05, 0) is 12.8 Å². The highest BCUT2D eigenvalue weighted by atomic mass is 31.2. The Kier molecular flexibility index (Phi) is 46.7. The minimum absolute atomic E-state index is 0.0584. The van der Waals surface area contributed by atoms with Crippen LogP contribution in [-0.2, 0) is 32.7 Å². The van der Waals surface area contributed by atoms with Crippen molar-refractivity contribution in [2.75, 3.05) is 26.4 Å². The van der Waals surface area contributed by atoms with Crippen LogP contribution in [0.2, 0.25) is 0 Å². The number of ether oxygens (including phenoxy) is 2. The second-order valence-corrected chi connectivity index (χ2v) is 19.2. The summed E-state index contributed by atoms with van der Waals surface area (Å²) in [6, 6.07) is 0. The standard InChI is InChI=1S/C50H100NO8P/c1-3-5-7-9-11-13-15-17-19-21-23-25-26-28-30-32-34-36-38-40-42-49(52)56-46-48(47-58-60(54,55)57-45-44-51)59-50(53)43-41-39-37-35-33-31-29-27-24-22-20-18-16-14-12-10-8-6-4-2/h48H,3-47,51H2,1-2H3,(H,54,55)/t48-/m1/s1. The van der Waals surface area contributed by atoms with Crippen molar-refractivity contribution < 1.29 is 37.6 Å². The lowest BCUT2D eigenvalue weighted by molar-refractivity contribution is -0.161. The number of rotatable bonds is 50. The van der Waals surface area contributed by atoms with E-state index in [2.05, 4.69) is 13.8 Å². The number of esters is 2. The van der Waals surface area contributed by atoms with Crippen molar-refractivity contribution in [3.8, 4) is 0 Å². The Hall–Kier alpha value is -0.990. The number of nitrogens with two attached hydrogens (primary N) is 1. The lowest BCUT2D eigenvalue weighted by Gasteiger charge is -2.19. The van der Waals surface area contributed by atoms with Gasteiger partial charge in [-0.25, -0.2) is 4.57 Å². The highest BCUT2D eigenvalue weighted by Gasteiger charge is 2.26. The molecule has 0 amide bonds. The SMILES string of the molecule is CCCCCCCCCCCCCCCCCCCCCCC(=O)OC[C@H](COP(=O)(O)OCCN)OC(=O)CCCCCCCCCCCCCCCCCCCCC. The molecule has 0 fully saturated rings. The molecule has 0 aromatic heterocycles. The van der Waals surface area contributed by atoms with Crippen molar-refractivity contribution in [2.24, 2.45) is 5.73 Å². The maximum absolute atomic E-state index is 12.6. The predicted octanol–water partition coefficient (Wildman–Crippen LogP) is 15.6. The first-order valence-corrected chi connectivity index (χ1v) is 27.5. The molecule has 0 aromatic carbocycles. The maximum atomic E-state index is 12.6. The van der Waals surface area contributed by atoms with E-state index in [1.54, 1.807) is 0 Å². The third kappa shape index (κ3) is 46.5. The average Bonchev–Trinajstić information content (AvgIpc) is 3.24. The van der Waals surface area contributed by atoms with Gasteiger partial charge in [-0.3, -0.25) is 18.6 Å². The van der Waals surface area contributed by atoms with E-state index < -0.39 is 26.5 Å². The van der Waals surface area contributed by atoms with Gasteiger partial charge >= 0.3 is 19.8 Å². The second kappa shape index (κ2) is 47.5. The molecule has 2 atom stereocenters. The molecule has 0 rings (SSSR count). The van der Waals surface area contributed by atoms with Gasteiger partial charge in [0, 0.05) is 19.4 Å². The van der Waals surface area contributed by atoms with E-state index in [4.69, 9.17) is 24.3 Å². The molecule has 0 heterocycles. The summed E-state index contributed by atoms with van der Waals surface area (Å²) in [5.41, 5.74) is 5.37. The molecular formula is C50H100NO8P. The highest BCUT2D eigenvalue weighted by Crippen LogP contribution is 2.43. The van der Waals surface area contributed by atoms with E-state index in [0.29, 0.717) is 6.42 Å². The van der Waals surface area contributed by atoms with Crippen LogP contribution in [-0.4, -0.2) is 49.3 Å². The molecule has 0 aliphatic carbocycles. The highest BCUT2D eigenvalue weighted by molar-refractivity contribution is 7.47. The molecule has 0 aliphatic heterocycles. The van der Waals surface area contributed by atoms with Crippen LogP contribution in [0.15, 0.2) is 0 Å². The first-order chi connectivity index (χ1) is 29.3. The molecule has 0 saturated heterocycles. The smallest absolute Gasteiger partial charge is 0.462 e. The summed E-state index contributed by atoms with van der Waals surface area (Å²) in [5.74, 6) is -0.805. The molecule has 9 nitrogen and oxygen atoms in total. The van der Waals surface area contributed by atoms with Crippen molar-refractivity contribution >= 4 is 19.8 Å². The zero-order valence-electron chi connectivity index (χ0n) is 39.7. The van der Waals surface area contributed by atoms with Crippen LogP contribution in [0.1, 0.15) is 277 Å². The molecular weight excluding hydrogens is 774 g/mol. The summed E-state index contributed by atoms with van der Waals surface area (Å²) in [4.78, 5) is 35.1. The van der Waals surface area contributed by atoms with E-state index in [9.17, 15) is 19.0 Å². The monoisotopic (exact) mass is 874 g/mol. The quantitative estimate of drug-likeness (QED) is 0.0348. The number of phosphoric ester groups is 1. The van der Waals surface area contributed by atoms with Crippen molar-refractivity contribution in [2.45, 2.75) is 283 Å². The summed E-state index contributed by atoms with van der Waals surface area (Å²) >= 11 is 0. The molecule has 0 aliphatic rings. The van der Waals surface area contributed by atoms with Gasteiger partial charge in [0.2, 0.25) is 0 Å². The lowest BCUT2D eigenvalue weighted by atomic mass is 10.0. The van der Waals surface area contributed by atoms with Gasteiger partial charge in [0.1, 0.15) is 6.61 Å². The van der Waals surface area contributed by atoms with Gasteiger partial charge in [-0.1, -0.05) is 251 Å². The van der Waals surface area contributed by atoms with Crippen LogP contribution in [0.5, 0.6) is 0 Å². The first-order valence-electron chi connectivity index (χ1n) is 26.0. The minimum Gasteiger partial charge on any atom is -0.462 e. The Labute approximate surface area is 371 Å². The molecule has 60 heavy (non-hydrogen) atoms. The average molecular weight is 874 g/mol. The molecule has 358 valence electrons. The van der Waals surface area contributed by atoms with Crippen LogP contribution in [0.4, 0.5) is 0 Å². The van der Waals surface area contributed by atoms with E-state index in [1.807, 2.05) is 0 Å². The number of unbranched alkanes of at least 4 members (excludes halogenated alkanes) is 37. The molecule has 0 aromatic rings. The van der Waals surface area contributed by atoms with Gasteiger partial charge in [0.05, 0.1) is 13.2 Å². The first kappa shape index (κ1) is 59.0. The van der Waals surface area contributed by atoms with Crippen molar-refractivity contribution in [1.29, 1.82) is 0 Å². The van der Waals surface area contributed by atoms with Gasteiger partial charge in [-0.2, -0.15) is 0 Å². The number of hydrogen-bond donors (Lipinski definition) is 2. The summed E-state index contributed by atoms with van der Waals surface area (Å²) in [5, 5.41) is 0. The Morgan fingerprint density at radius 1 is 0.433 bits per heavy atom. The molecule has 0 radical (unpaired) electrons. The molecule has 3 N–H and O–H groups in total. The zero-order chi connectivity index (χ0) is 43.9. The number of hydrogen-bond acceptors (Lipinski definition) is 8. The van der Waals surface area contributed by atoms with Crippen LogP contribution < -0.4 is 5.73 Å². The summed E-state index contributed by atoms with van der Waals surface area (Å²) in [7, 11) is -4.37. The Balaban J connectivity index is 3.98. The van der Waals surface area contributed by atoms with Crippen molar-refractivity contribution in [3.63, 3.8) is 0 Å². The topological polar surface area (TPSA) is 134 Å². The molecule has 0 saturated carbocycles. The van der Waals surface area contributed by atoms with Gasteiger partial charge in [0.25, 0.3) is 0 Å². The second-order valence-electron chi connectivity index (χ2n) is 17.8. The summed E-state index contributed by atoms with van der Waals surface area (Å²) in [6.45, 7) is 3.81. The van der Waals surface area contributed by atoms with Gasteiger partial charge in [-0.15, -0.1) is 0 Å². The zero-order valence-corrected chi connectivity index (χ0v) is 40.6. The van der Waals surface area contributed by atoms with Crippen molar-refractivity contribution in [3.05, 3.63) is 0 Å². The fourth-order valence-corrected chi connectivity index (χ4v) is 8.64. The largest absolute Gasteiger partial charge is 0.472 e. The van der Waals surface area contributed by atoms with E-state index in [0.717, 1.165) is 32.1 Å². The van der Waals surface area contributed by atoms with Gasteiger partial charge in [0.15, 0.2) is 6.10 Å². The van der Waals surface area contributed by atoms with Crippen LogP contribution in [0, 0.1) is 0 Å². The molecule has 0 spiro atoms. The van der Waals surface area contributed by atoms with Crippen LogP contribution in [0.25, 0.3) is 0 Å². The van der Waals surface area contributed by atoms with E-state index in [-0.39, 0.29) is 38.6 Å². The predicted molar refractivity (Wildman–Crippen MR) is 252 cm³/mol. The Morgan fingerprint density at radius 3 is 1.02 bits per heavy atom. The Morgan fingerprint density at radius 2 is 0.717 bits per heavy atom. The van der Waals surface area contributed by atoms with E-state index in [1.165, 1.54) is 212 Å². The van der Waals surface area contributed by atoms with Gasteiger partial charge < -0.3 is 20.1 Å². The third-order valence-corrected chi connectivity index (χ3v) is 12.7.